The minimum absolute atomic E-state index is 0.296. The number of nitrogens with zero attached hydrogens (tertiary/aromatic N) is 2. The molecule has 0 spiro atoms. The Morgan fingerprint density at radius 2 is 1.85 bits per heavy atom. The Kier molecular flexibility index (Phi) is 5.24. The molecule has 0 saturated carbocycles. The second-order valence-corrected chi connectivity index (χ2v) is 6.66. The van der Waals surface area contributed by atoms with Gasteiger partial charge in [0.2, 0.25) is 0 Å². The molecule has 0 saturated heterocycles. The Hall–Kier alpha value is -2.84. The van der Waals surface area contributed by atoms with Crippen molar-refractivity contribution in [1.82, 2.24) is 4.57 Å². The van der Waals surface area contributed by atoms with Gasteiger partial charge in [0.15, 0.2) is 0 Å². The summed E-state index contributed by atoms with van der Waals surface area (Å²) in [6.45, 7) is 4.06. The first kappa shape index (κ1) is 18.0. The van der Waals surface area contributed by atoms with Crippen LogP contribution in [0.15, 0.2) is 41.1 Å². The van der Waals surface area contributed by atoms with Crippen molar-refractivity contribution < 1.29 is 9.53 Å². The fourth-order valence-electron chi connectivity index (χ4n) is 3.25. The summed E-state index contributed by atoms with van der Waals surface area (Å²) >= 11 is 1.65. The molecular formula is C21H20N2O2S. The maximum Gasteiger partial charge on any atom is 0.355 e. The first-order valence-corrected chi connectivity index (χ1v) is 9.48. The van der Waals surface area contributed by atoms with Crippen molar-refractivity contribution >= 4 is 17.3 Å². The molecule has 0 aliphatic heterocycles. The fourth-order valence-corrected chi connectivity index (χ4v) is 3.91. The fraction of sp³-hybridized carbons (Fsp3) is 0.238. The van der Waals surface area contributed by atoms with Crippen LogP contribution in [0.1, 0.15) is 35.6 Å². The van der Waals surface area contributed by atoms with Crippen molar-refractivity contribution in [2.45, 2.75) is 20.3 Å². The van der Waals surface area contributed by atoms with Gasteiger partial charge in [-0.3, -0.25) is 0 Å². The van der Waals surface area contributed by atoms with Gasteiger partial charge in [0.25, 0.3) is 0 Å². The standard InChI is InChI=1S/C21H20N2O2S/c1-4-18-17(12-22)19(20(23(18)3)21(24)25-5-2)15-8-6-14(7-9-15)16-10-11-26-13-16/h6-11,13H,4-5H2,1-3H3. The van der Waals surface area contributed by atoms with Gasteiger partial charge in [-0.2, -0.15) is 16.6 Å². The van der Waals surface area contributed by atoms with Crippen LogP contribution in [0.4, 0.5) is 0 Å². The Morgan fingerprint density at radius 3 is 2.38 bits per heavy atom. The molecule has 132 valence electrons. The van der Waals surface area contributed by atoms with E-state index in [1.807, 2.05) is 43.6 Å². The third kappa shape index (κ3) is 3.04. The van der Waals surface area contributed by atoms with E-state index in [1.165, 1.54) is 0 Å². The van der Waals surface area contributed by atoms with Crippen molar-refractivity contribution in [3.05, 3.63) is 58.0 Å². The van der Waals surface area contributed by atoms with E-state index in [9.17, 15) is 10.1 Å². The van der Waals surface area contributed by atoms with E-state index >= 15 is 0 Å². The normalized spacial score (nSPS) is 10.5. The van der Waals surface area contributed by atoms with Crippen LogP contribution in [0.25, 0.3) is 22.3 Å². The lowest BCUT2D eigenvalue weighted by Gasteiger charge is -2.08. The molecule has 2 heterocycles. The van der Waals surface area contributed by atoms with Gasteiger partial charge in [0, 0.05) is 18.3 Å². The summed E-state index contributed by atoms with van der Waals surface area (Å²) < 4.78 is 7.03. The van der Waals surface area contributed by atoms with E-state index < -0.39 is 5.97 Å². The maximum atomic E-state index is 12.6. The zero-order valence-electron chi connectivity index (χ0n) is 15.1. The minimum atomic E-state index is -0.400. The zero-order valence-corrected chi connectivity index (χ0v) is 15.9. The molecule has 0 atom stereocenters. The van der Waals surface area contributed by atoms with Crippen molar-refractivity contribution in [3.63, 3.8) is 0 Å². The molecule has 0 radical (unpaired) electrons. The highest BCUT2D eigenvalue weighted by atomic mass is 32.1. The molecule has 0 unspecified atom stereocenters. The summed E-state index contributed by atoms with van der Waals surface area (Å²) in [5.41, 5.74) is 5.59. The number of esters is 1. The molecule has 3 aromatic rings. The van der Waals surface area contributed by atoms with E-state index in [2.05, 4.69) is 17.5 Å². The van der Waals surface area contributed by atoms with Crippen molar-refractivity contribution in [2.75, 3.05) is 6.61 Å². The predicted molar refractivity (Wildman–Crippen MR) is 104 cm³/mol. The molecule has 0 bridgehead atoms. The van der Waals surface area contributed by atoms with Crippen LogP contribution in [0.2, 0.25) is 0 Å². The molecule has 26 heavy (non-hydrogen) atoms. The van der Waals surface area contributed by atoms with Crippen LogP contribution in [-0.2, 0) is 18.2 Å². The Labute approximate surface area is 157 Å². The van der Waals surface area contributed by atoms with Gasteiger partial charge in [-0.1, -0.05) is 31.2 Å². The maximum absolute atomic E-state index is 12.6. The van der Waals surface area contributed by atoms with Crippen molar-refractivity contribution in [2.24, 2.45) is 7.05 Å². The van der Waals surface area contributed by atoms with E-state index in [1.54, 1.807) is 22.8 Å². The first-order chi connectivity index (χ1) is 12.6. The number of hydrogen-bond donors (Lipinski definition) is 0. The second kappa shape index (κ2) is 7.59. The predicted octanol–water partition coefficient (Wildman–Crippen LogP) is 5.03. The molecule has 0 amide bonds. The second-order valence-electron chi connectivity index (χ2n) is 5.88. The SMILES string of the molecule is CCOC(=O)c1c(-c2ccc(-c3ccsc3)cc2)c(C#N)c(CC)n1C. The highest BCUT2D eigenvalue weighted by Crippen LogP contribution is 2.34. The number of benzene rings is 1. The highest BCUT2D eigenvalue weighted by Gasteiger charge is 2.26. The van der Waals surface area contributed by atoms with Crippen molar-refractivity contribution in [1.29, 1.82) is 5.26 Å². The largest absolute Gasteiger partial charge is 0.461 e. The summed E-state index contributed by atoms with van der Waals surface area (Å²) in [6, 6.07) is 12.3. The van der Waals surface area contributed by atoms with Gasteiger partial charge in [-0.05, 0) is 46.9 Å². The molecule has 2 aromatic heterocycles. The molecule has 4 nitrogen and oxygen atoms in total. The number of aromatic nitrogens is 1. The minimum Gasteiger partial charge on any atom is -0.461 e. The zero-order chi connectivity index (χ0) is 18.7. The van der Waals surface area contributed by atoms with Crippen LogP contribution in [0, 0.1) is 11.3 Å². The molecule has 0 N–H and O–H groups in total. The van der Waals surface area contributed by atoms with Gasteiger partial charge in [-0.15, -0.1) is 0 Å². The number of nitriles is 1. The smallest absolute Gasteiger partial charge is 0.355 e. The summed E-state index contributed by atoms with van der Waals surface area (Å²) in [5.74, 6) is -0.400. The third-order valence-electron chi connectivity index (χ3n) is 4.46. The quantitative estimate of drug-likeness (QED) is 0.597. The van der Waals surface area contributed by atoms with Crippen LogP contribution in [0.5, 0.6) is 0 Å². The summed E-state index contributed by atoms with van der Waals surface area (Å²) in [5, 5.41) is 13.9. The number of hydrogen-bond acceptors (Lipinski definition) is 4. The van der Waals surface area contributed by atoms with E-state index in [0.29, 0.717) is 29.8 Å². The average Bonchev–Trinajstić information content (AvgIpc) is 3.27. The molecule has 1 aromatic carbocycles. The molecule has 0 aliphatic carbocycles. The molecule has 5 heteroatoms. The lowest BCUT2D eigenvalue weighted by atomic mass is 9.98. The Bertz CT molecular complexity index is 961. The Morgan fingerprint density at radius 1 is 1.15 bits per heavy atom. The van der Waals surface area contributed by atoms with Crippen LogP contribution >= 0.6 is 11.3 Å². The number of rotatable bonds is 5. The summed E-state index contributed by atoms with van der Waals surface area (Å²) in [4.78, 5) is 12.6. The van der Waals surface area contributed by atoms with Gasteiger partial charge in [0.1, 0.15) is 11.8 Å². The molecule has 0 aliphatic rings. The monoisotopic (exact) mass is 364 g/mol. The van der Waals surface area contributed by atoms with Gasteiger partial charge in [0.05, 0.1) is 12.2 Å². The third-order valence-corrected chi connectivity index (χ3v) is 5.14. The summed E-state index contributed by atoms with van der Waals surface area (Å²) in [6.07, 6.45) is 0.665. The molecule has 0 fully saturated rings. The number of carbonyl (C=O) groups is 1. The number of ether oxygens (including phenoxy) is 1. The van der Waals surface area contributed by atoms with Crippen LogP contribution < -0.4 is 0 Å². The topological polar surface area (TPSA) is 55.0 Å². The van der Waals surface area contributed by atoms with Crippen molar-refractivity contribution in [3.8, 4) is 28.3 Å². The van der Waals surface area contributed by atoms with Gasteiger partial charge < -0.3 is 9.30 Å². The molecular weight excluding hydrogens is 344 g/mol. The first-order valence-electron chi connectivity index (χ1n) is 8.54. The van der Waals surface area contributed by atoms with E-state index in [0.717, 1.165) is 22.4 Å². The van der Waals surface area contributed by atoms with E-state index in [-0.39, 0.29) is 0 Å². The van der Waals surface area contributed by atoms with Crippen LogP contribution in [-0.4, -0.2) is 17.1 Å². The summed E-state index contributed by atoms with van der Waals surface area (Å²) in [7, 11) is 1.81. The number of thiophene rings is 1. The highest BCUT2D eigenvalue weighted by molar-refractivity contribution is 7.08. The lowest BCUT2D eigenvalue weighted by molar-refractivity contribution is 0.0516. The van der Waals surface area contributed by atoms with Gasteiger partial charge in [-0.25, -0.2) is 4.79 Å². The van der Waals surface area contributed by atoms with E-state index in [4.69, 9.17) is 4.74 Å². The molecule has 3 rings (SSSR count). The lowest BCUT2D eigenvalue weighted by Crippen LogP contribution is -2.12. The average molecular weight is 364 g/mol. The Balaban J connectivity index is 2.17. The van der Waals surface area contributed by atoms with Crippen LogP contribution in [0.3, 0.4) is 0 Å². The number of carbonyl (C=O) groups excluding carboxylic acids is 1. The van der Waals surface area contributed by atoms with Gasteiger partial charge >= 0.3 is 5.97 Å².